The smallest absolute Gasteiger partial charge is 0.275 e. The first-order valence-corrected chi connectivity index (χ1v) is 11.4. The average Bonchev–Trinajstić information content (AvgIpc) is 3.55. The Hall–Kier alpha value is -2.59. The molecule has 1 amide bonds. The summed E-state index contributed by atoms with van der Waals surface area (Å²) in [6.45, 7) is 2.15. The van der Waals surface area contributed by atoms with Gasteiger partial charge in [-0.15, -0.1) is 11.8 Å². The zero-order valence-corrected chi connectivity index (χ0v) is 18.3. The summed E-state index contributed by atoms with van der Waals surface area (Å²) in [7, 11) is 0. The fourth-order valence-corrected chi connectivity index (χ4v) is 4.89. The molecule has 168 valence electrons. The summed E-state index contributed by atoms with van der Waals surface area (Å²) < 4.78 is 41.5. The highest BCUT2D eigenvalue weighted by atomic mass is 32.2. The lowest BCUT2D eigenvalue weighted by atomic mass is 9.79. The summed E-state index contributed by atoms with van der Waals surface area (Å²) in [6.07, 6.45) is 5.05. The number of halogens is 2. The highest BCUT2D eigenvalue weighted by molar-refractivity contribution is 8.14. The number of alkyl halides is 1. The monoisotopic (exact) mass is 460 g/mol. The second-order valence-electron chi connectivity index (χ2n) is 8.38. The number of anilines is 1. The number of benzene rings is 1. The van der Waals surface area contributed by atoms with Crippen LogP contribution in [0, 0.1) is 11.7 Å². The Labute approximate surface area is 188 Å². The van der Waals surface area contributed by atoms with Crippen molar-refractivity contribution in [2.45, 2.75) is 31.0 Å². The van der Waals surface area contributed by atoms with E-state index in [4.69, 9.17) is 9.47 Å². The van der Waals surface area contributed by atoms with Gasteiger partial charge in [0.15, 0.2) is 5.67 Å². The highest BCUT2D eigenvalue weighted by Crippen LogP contribution is 2.51. The molecule has 0 radical (unpaired) electrons. The number of amides is 1. The number of fused-ring (bicyclic) bond motifs is 1. The van der Waals surface area contributed by atoms with E-state index in [0.717, 1.165) is 12.8 Å². The molecule has 2 fully saturated rings. The molecule has 10 heteroatoms. The molecule has 3 aliphatic rings. The fraction of sp³-hybridized carbons (Fsp3) is 0.455. The van der Waals surface area contributed by atoms with Crippen LogP contribution in [0.3, 0.4) is 0 Å². The van der Waals surface area contributed by atoms with Crippen LogP contribution in [0.4, 0.5) is 14.5 Å². The minimum absolute atomic E-state index is 0.0601. The van der Waals surface area contributed by atoms with Crippen LogP contribution >= 0.6 is 11.8 Å². The van der Waals surface area contributed by atoms with Crippen LogP contribution in [0.15, 0.2) is 35.6 Å². The Kier molecular flexibility index (Phi) is 5.37. The molecule has 1 saturated carbocycles. The van der Waals surface area contributed by atoms with Gasteiger partial charge in [0.25, 0.3) is 5.91 Å². The van der Waals surface area contributed by atoms with Crippen molar-refractivity contribution in [1.82, 2.24) is 9.97 Å². The van der Waals surface area contributed by atoms with E-state index in [-0.39, 0.29) is 30.2 Å². The van der Waals surface area contributed by atoms with Gasteiger partial charge in [-0.3, -0.25) is 9.79 Å². The number of carbonyl (C=O) groups is 1. The molecule has 1 aromatic carbocycles. The first kappa shape index (κ1) is 21.3. The maximum absolute atomic E-state index is 15.7. The highest BCUT2D eigenvalue weighted by Gasteiger charge is 2.61. The van der Waals surface area contributed by atoms with Crippen LogP contribution in [0.25, 0.3) is 0 Å². The molecule has 3 heterocycles. The zero-order valence-electron chi connectivity index (χ0n) is 17.4. The quantitative estimate of drug-likeness (QED) is 0.707. The standard InChI is InChI=1S/C22H22F2N4O3S/c1-13-28-22(11-30-10-21(22,24)12-32-13)16-6-15(4-5-17(16)23)27-20(29)18-7-26-19(8-25-18)31-9-14-2-3-14/h4-8,14H,2-3,9-12H2,1H3,(H,27,29)/t21-,22-/m1/s1. The van der Waals surface area contributed by atoms with E-state index in [0.29, 0.717) is 29.1 Å². The first-order chi connectivity index (χ1) is 15.4. The van der Waals surface area contributed by atoms with Gasteiger partial charge in [-0.05, 0) is 43.9 Å². The molecule has 1 aromatic heterocycles. The van der Waals surface area contributed by atoms with Crippen molar-refractivity contribution in [3.63, 3.8) is 0 Å². The first-order valence-electron chi connectivity index (χ1n) is 10.4. The van der Waals surface area contributed by atoms with Gasteiger partial charge in [0.2, 0.25) is 5.88 Å². The molecule has 1 N–H and O–H groups in total. The van der Waals surface area contributed by atoms with E-state index in [2.05, 4.69) is 20.3 Å². The van der Waals surface area contributed by atoms with Crippen LogP contribution in [0.5, 0.6) is 5.88 Å². The van der Waals surface area contributed by atoms with Crippen molar-refractivity contribution < 1.29 is 23.0 Å². The van der Waals surface area contributed by atoms with E-state index >= 15 is 4.39 Å². The van der Waals surface area contributed by atoms with E-state index in [1.807, 2.05) is 0 Å². The summed E-state index contributed by atoms with van der Waals surface area (Å²) in [5, 5.41) is 3.34. The SMILES string of the molecule is CC1=N[C@@]2(c3cc(NC(=O)c4cnc(OCC5CC5)cn4)ccc3F)COC[C@@]2(F)CS1. The molecule has 1 aliphatic carbocycles. The van der Waals surface area contributed by atoms with Gasteiger partial charge in [-0.2, -0.15) is 0 Å². The number of nitrogens with zero attached hydrogens (tertiary/aromatic N) is 3. The molecule has 2 aromatic rings. The zero-order chi connectivity index (χ0) is 22.3. The number of aromatic nitrogens is 2. The maximum atomic E-state index is 15.7. The number of nitrogens with one attached hydrogen (secondary N) is 1. The Morgan fingerprint density at radius 2 is 2.16 bits per heavy atom. The molecular formula is C22H22F2N4O3S. The summed E-state index contributed by atoms with van der Waals surface area (Å²) in [5.74, 6) is -0.0507. The van der Waals surface area contributed by atoms with E-state index < -0.39 is 22.9 Å². The van der Waals surface area contributed by atoms with Crippen LogP contribution in [0.2, 0.25) is 0 Å². The number of carbonyl (C=O) groups excluding carboxylic acids is 1. The van der Waals surface area contributed by atoms with Crippen molar-refractivity contribution in [2.75, 3.05) is 30.9 Å². The summed E-state index contributed by atoms with van der Waals surface area (Å²) >= 11 is 1.29. The molecule has 0 bridgehead atoms. The second-order valence-corrected chi connectivity index (χ2v) is 9.55. The second kappa shape index (κ2) is 8.08. The predicted octanol–water partition coefficient (Wildman–Crippen LogP) is 3.76. The van der Waals surface area contributed by atoms with E-state index in [9.17, 15) is 9.18 Å². The van der Waals surface area contributed by atoms with E-state index in [1.54, 1.807) is 6.92 Å². The molecule has 32 heavy (non-hydrogen) atoms. The molecule has 7 nitrogen and oxygen atoms in total. The average molecular weight is 461 g/mol. The lowest BCUT2D eigenvalue weighted by Crippen LogP contribution is -2.51. The Balaban J connectivity index is 1.37. The van der Waals surface area contributed by atoms with Crippen molar-refractivity contribution in [2.24, 2.45) is 10.9 Å². The van der Waals surface area contributed by atoms with Gasteiger partial charge >= 0.3 is 0 Å². The molecule has 1 saturated heterocycles. The van der Waals surface area contributed by atoms with Gasteiger partial charge in [-0.25, -0.2) is 18.7 Å². The van der Waals surface area contributed by atoms with Gasteiger partial charge in [0.05, 0.1) is 37.3 Å². The van der Waals surface area contributed by atoms with Gasteiger partial charge < -0.3 is 14.8 Å². The minimum Gasteiger partial charge on any atom is -0.476 e. The van der Waals surface area contributed by atoms with Crippen LogP contribution < -0.4 is 10.1 Å². The predicted molar refractivity (Wildman–Crippen MR) is 117 cm³/mol. The Morgan fingerprint density at radius 3 is 2.91 bits per heavy atom. The molecule has 0 spiro atoms. The Morgan fingerprint density at radius 1 is 1.31 bits per heavy atom. The maximum Gasteiger partial charge on any atom is 0.275 e. The molecular weight excluding hydrogens is 438 g/mol. The minimum atomic E-state index is -1.83. The van der Waals surface area contributed by atoms with Gasteiger partial charge in [0.1, 0.15) is 17.1 Å². The lowest BCUT2D eigenvalue weighted by molar-refractivity contribution is 0.102. The largest absolute Gasteiger partial charge is 0.476 e. The van der Waals surface area contributed by atoms with Crippen LogP contribution in [-0.4, -0.2) is 52.2 Å². The van der Waals surface area contributed by atoms with Gasteiger partial charge in [-0.1, -0.05) is 0 Å². The van der Waals surface area contributed by atoms with Crippen molar-refractivity contribution >= 4 is 28.4 Å². The fourth-order valence-electron chi connectivity index (χ4n) is 3.91. The molecule has 5 rings (SSSR count). The van der Waals surface area contributed by atoms with E-state index in [1.165, 1.54) is 42.4 Å². The Bertz CT molecular complexity index is 1080. The number of hydrogen-bond acceptors (Lipinski definition) is 7. The van der Waals surface area contributed by atoms with Crippen molar-refractivity contribution in [3.05, 3.63) is 47.7 Å². The number of rotatable bonds is 6. The molecule has 0 unspecified atom stereocenters. The summed E-state index contributed by atoms with van der Waals surface area (Å²) in [6, 6.07) is 4.03. The normalized spacial score (nSPS) is 26.9. The van der Waals surface area contributed by atoms with Crippen LogP contribution in [0.1, 0.15) is 35.8 Å². The van der Waals surface area contributed by atoms with Crippen LogP contribution in [-0.2, 0) is 10.3 Å². The third-order valence-corrected chi connectivity index (χ3v) is 7.05. The van der Waals surface area contributed by atoms with Crippen molar-refractivity contribution in [3.8, 4) is 5.88 Å². The molecule has 2 aliphatic heterocycles. The number of hydrogen-bond donors (Lipinski definition) is 1. The van der Waals surface area contributed by atoms with Crippen molar-refractivity contribution in [1.29, 1.82) is 0 Å². The number of thioether (sulfide) groups is 1. The third kappa shape index (κ3) is 3.86. The summed E-state index contributed by atoms with van der Waals surface area (Å²) in [5.41, 5.74) is -2.86. The lowest BCUT2D eigenvalue weighted by Gasteiger charge is -2.39. The summed E-state index contributed by atoms with van der Waals surface area (Å²) in [4.78, 5) is 25.3. The number of ether oxygens (including phenoxy) is 2. The molecule has 2 atom stereocenters. The topological polar surface area (TPSA) is 85.7 Å². The third-order valence-electron chi connectivity index (χ3n) is 5.94. The van der Waals surface area contributed by atoms with Gasteiger partial charge in [0, 0.05) is 17.0 Å². The number of aliphatic imine (C=N–C) groups is 1.